The highest BCUT2D eigenvalue weighted by atomic mass is 15.2. The molecule has 1 saturated carbocycles. The van der Waals surface area contributed by atoms with Gasteiger partial charge in [-0.05, 0) is 45.7 Å². The van der Waals surface area contributed by atoms with Gasteiger partial charge in [0.25, 0.3) is 0 Å². The molecule has 0 aromatic heterocycles. The van der Waals surface area contributed by atoms with E-state index in [1.165, 1.54) is 51.7 Å². The molecule has 2 aliphatic rings. The lowest BCUT2D eigenvalue weighted by Crippen LogP contribution is -2.43. The Labute approximate surface area is 81.7 Å². The van der Waals surface area contributed by atoms with Crippen LogP contribution in [0, 0.1) is 0 Å². The van der Waals surface area contributed by atoms with E-state index in [-0.39, 0.29) is 0 Å². The summed E-state index contributed by atoms with van der Waals surface area (Å²) < 4.78 is 0. The summed E-state index contributed by atoms with van der Waals surface area (Å²) in [6, 6.07) is 1.62. The number of nitrogens with one attached hydrogen (secondary N) is 1. The van der Waals surface area contributed by atoms with Crippen LogP contribution < -0.4 is 5.32 Å². The van der Waals surface area contributed by atoms with E-state index in [2.05, 4.69) is 17.1 Å². The van der Waals surface area contributed by atoms with Gasteiger partial charge >= 0.3 is 0 Å². The zero-order valence-electron chi connectivity index (χ0n) is 8.76. The lowest BCUT2D eigenvalue weighted by molar-refractivity contribution is 0.170. The molecule has 2 fully saturated rings. The van der Waals surface area contributed by atoms with Gasteiger partial charge in [0.1, 0.15) is 0 Å². The molecule has 2 nitrogen and oxygen atoms in total. The third-order valence-electron chi connectivity index (χ3n) is 3.29. The minimum atomic E-state index is 0.751. The number of nitrogens with zero attached hydrogens (tertiary/aromatic N) is 1. The minimum Gasteiger partial charge on any atom is -0.312 e. The van der Waals surface area contributed by atoms with Crippen LogP contribution in [0.3, 0.4) is 0 Å². The van der Waals surface area contributed by atoms with Gasteiger partial charge in [0.2, 0.25) is 0 Å². The Morgan fingerprint density at radius 3 is 2.54 bits per heavy atom. The van der Waals surface area contributed by atoms with Crippen LogP contribution in [0.5, 0.6) is 0 Å². The van der Waals surface area contributed by atoms with Crippen LogP contribution in [0.2, 0.25) is 0 Å². The summed E-state index contributed by atoms with van der Waals surface area (Å²) in [5, 5.41) is 3.61. The van der Waals surface area contributed by atoms with Crippen molar-refractivity contribution in [3.05, 3.63) is 0 Å². The van der Waals surface area contributed by atoms with Crippen LogP contribution in [-0.2, 0) is 0 Å². The van der Waals surface area contributed by atoms with Gasteiger partial charge in [-0.25, -0.2) is 0 Å². The molecule has 2 rings (SSSR count). The maximum atomic E-state index is 3.61. The number of piperidine rings is 1. The van der Waals surface area contributed by atoms with Crippen molar-refractivity contribution in [1.82, 2.24) is 10.2 Å². The van der Waals surface area contributed by atoms with Crippen molar-refractivity contribution in [2.75, 3.05) is 19.6 Å². The lowest BCUT2D eigenvalue weighted by Gasteiger charge is -2.32. The zero-order valence-corrected chi connectivity index (χ0v) is 8.76. The smallest absolute Gasteiger partial charge is 0.0192 e. The van der Waals surface area contributed by atoms with Gasteiger partial charge < -0.3 is 5.32 Å². The van der Waals surface area contributed by atoms with Crippen LogP contribution >= 0.6 is 0 Å². The molecule has 13 heavy (non-hydrogen) atoms. The van der Waals surface area contributed by atoms with E-state index in [0.29, 0.717) is 0 Å². The first kappa shape index (κ1) is 9.47. The average Bonchev–Trinajstić information content (AvgIpc) is 2.99. The van der Waals surface area contributed by atoms with Crippen molar-refractivity contribution in [2.24, 2.45) is 0 Å². The monoisotopic (exact) mass is 182 g/mol. The molecule has 1 N–H and O–H groups in total. The van der Waals surface area contributed by atoms with Crippen LogP contribution in [0.15, 0.2) is 0 Å². The largest absolute Gasteiger partial charge is 0.312 e. The molecule has 0 radical (unpaired) electrons. The molecule has 0 amide bonds. The Balaban J connectivity index is 1.64. The topological polar surface area (TPSA) is 15.3 Å². The van der Waals surface area contributed by atoms with Gasteiger partial charge in [-0.1, -0.05) is 6.42 Å². The lowest BCUT2D eigenvalue weighted by atomic mass is 10.1. The number of hydrogen-bond donors (Lipinski definition) is 1. The summed E-state index contributed by atoms with van der Waals surface area (Å²) in [6.45, 7) is 6.21. The van der Waals surface area contributed by atoms with Crippen molar-refractivity contribution in [3.8, 4) is 0 Å². The van der Waals surface area contributed by atoms with E-state index in [9.17, 15) is 0 Å². The first-order valence-electron chi connectivity index (χ1n) is 5.83. The quantitative estimate of drug-likeness (QED) is 0.710. The van der Waals surface area contributed by atoms with E-state index < -0.39 is 0 Å². The Hall–Kier alpha value is -0.0800. The zero-order chi connectivity index (χ0) is 9.10. The van der Waals surface area contributed by atoms with Gasteiger partial charge in [-0.2, -0.15) is 0 Å². The molecule has 1 unspecified atom stereocenters. The standard InChI is InChI=1S/C11H22N2/c1-10(9-12-11-5-6-11)13-7-3-2-4-8-13/h10-12H,2-9H2,1H3. The van der Waals surface area contributed by atoms with Crippen molar-refractivity contribution in [2.45, 2.75) is 51.1 Å². The number of rotatable bonds is 4. The summed E-state index contributed by atoms with van der Waals surface area (Å²) in [6.07, 6.45) is 7.08. The van der Waals surface area contributed by atoms with Gasteiger partial charge in [0.05, 0.1) is 0 Å². The van der Waals surface area contributed by atoms with Gasteiger partial charge in [0, 0.05) is 18.6 Å². The second kappa shape index (κ2) is 4.43. The highest BCUT2D eigenvalue weighted by Gasteiger charge is 2.23. The number of likely N-dealkylation sites (tertiary alicyclic amines) is 1. The van der Waals surface area contributed by atoms with Crippen LogP contribution in [0.1, 0.15) is 39.0 Å². The summed E-state index contributed by atoms with van der Waals surface area (Å²) >= 11 is 0. The van der Waals surface area contributed by atoms with E-state index in [1.807, 2.05) is 0 Å². The molecule has 2 heteroatoms. The van der Waals surface area contributed by atoms with Crippen molar-refractivity contribution < 1.29 is 0 Å². The van der Waals surface area contributed by atoms with Crippen molar-refractivity contribution in [3.63, 3.8) is 0 Å². The highest BCUT2D eigenvalue weighted by Crippen LogP contribution is 2.19. The van der Waals surface area contributed by atoms with Crippen molar-refractivity contribution in [1.29, 1.82) is 0 Å². The minimum absolute atomic E-state index is 0.751. The van der Waals surface area contributed by atoms with E-state index in [1.54, 1.807) is 0 Å². The first-order chi connectivity index (χ1) is 6.36. The molecule has 0 aromatic carbocycles. The predicted octanol–water partition coefficient (Wildman–Crippen LogP) is 1.61. The molecule has 76 valence electrons. The molecule has 1 heterocycles. The fourth-order valence-electron chi connectivity index (χ4n) is 2.11. The van der Waals surface area contributed by atoms with Gasteiger partial charge in [-0.3, -0.25) is 4.90 Å². The van der Waals surface area contributed by atoms with Crippen LogP contribution in [-0.4, -0.2) is 36.6 Å². The van der Waals surface area contributed by atoms with E-state index in [0.717, 1.165) is 12.1 Å². The number of hydrogen-bond acceptors (Lipinski definition) is 2. The molecule has 1 atom stereocenters. The second-order valence-electron chi connectivity index (χ2n) is 4.63. The Morgan fingerprint density at radius 2 is 1.92 bits per heavy atom. The maximum Gasteiger partial charge on any atom is 0.0192 e. The molecule has 1 aliphatic heterocycles. The summed E-state index contributed by atoms with van der Waals surface area (Å²) in [5.74, 6) is 0. The molecule has 0 bridgehead atoms. The van der Waals surface area contributed by atoms with Crippen LogP contribution in [0.4, 0.5) is 0 Å². The van der Waals surface area contributed by atoms with Crippen molar-refractivity contribution >= 4 is 0 Å². The molecule has 1 aliphatic carbocycles. The normalized spacial score (nSPS) is 27.5. The van der Waals surface area contributed by atoms with E-state index >= 15 is 0 Å². The molecule has 0 spiro atoms. The maximum absolute atomic E-state index is 3.61. The summed E-state index contributed by atoms with van der Waals surface area (Å²) in [7, 11) is 0. The summed E-state index contributed by atoms with van der Waals surface area (Å²) in [4.78, 5) is 2.64. The van der Waals surface area contributed by atoms with Gasteiger partial charge in [0.15, 0.2) is 0 Å². The SMILES string of the molecule is CC(CNC1CC1)N1CCCCC1. The molecular weight excluding hydrogens is 160 g/mol. The Bertz CT molecular complexity index is 148. The molecule has 1 saturated heterocycles. The second-order valence-corrected chi connectivity index (χ2v) is 4.63. The predicted molar refractivity (Wildman–Crippen MR) is 55.9 cm³/mol. The Morgan fingerprint density at radius 1 is 1.23 bits per heavy atom. The molecule has 0 aromatic rings. The van der Waals surface area contributed by atoms with E-state index in [4.69, 9.17) is 0 Å². The molecular formula is C11H22N2. The highest BCUT2D eigenvalue weighted by molar-refractivity contribution is 4.83. The third kappa shape index (κ3) is 2.96. The Kier molecular flexibility index (Phi) is 3.23. The van der Waals surface area contributed by atoms with Crippen LogP contribution in [0.25, 0.3) is 0 Å². The average molecular weight is 182 g/mol. The fraction of sp³-hybridized carbons (Fsp3) is 1.00. The van der Waals surface area contributed by atoms with Gasteiger partial charge in [-0.15, -0.1) is 0 Å². The summed E-state index contributed by atoms with van der Waals surface area (Å²) in [5.41, 5.74) is 0. The fourth-order valence-corrected chi connectivity index (χ4v) is 2.11. The third-order valence-corrected chi connectivity index (χ3v) is 3.29. The first-order valence-corrected chi connectivity index (χ1v) is 5.83.